The largest absolute Gasteiger partial charge is 0.478 e. The quantitative estimate of drug-likeness (QED) is 0.812. The van der Waals surface area contributed by atoms with Gasteiger partial charge in [-0.3, -0.25) is 14.5 Å². The number of hydrogen-bond donors (Lipinski definition) is 2. The number of ether oxygens (including phenoxy) is 1. The molecule has 0 spiro atoms. The molecule has 0 aromatic heterocycles. The maximum absolute atomic E-state index is 12.7. The van der Waals surface area contributed by atoms with Gasteiger partial charge in [0.15, 0.2) is 6.10 Å². The number of rotatable bonds is 5. The van der Waals surface area contributed by atoms with Crippen molar-refractivity contribution in [1.29, 1.82) is 0 Å². The minimum atomic E-state index is -0.595. The van der Waals surface area contributed by atoms with Crippen molar-refractivity contribution in [2.75, 3.05) is 17.2 Å². The molecule has 23 heavy (non-hydrogen) atoms. The number of nitrogens with zero attached hydrogens (tertiary/aromatic N) is 1. The molecule has 2 rings (SSSR count). The van der Waals surface area contributed by atoms with E-state index in [0.29, 0.717) is 17.1 Å². The summed E-state index contributed by atoms with van der Waals surface area (Å²) in [4.78, 5) is 26.4. The van der Waals surface area contributed by atoms with Crippen LogP contribution in [-0.4, -0.2) is 30.5 Å². The van der Waals surface area contributed by atoms with Crippen LogP contribution in [0.2, 0.25) is 0 Å². The van der Waals surface area contributed by atoms with Gasteiger partial charge in [0.25, 0.3) is 5.91 Å². The first-order valence-corrected chi connectivity index (χ1v) is 8.00. The Morgan fingerprint density at radius 1 is 1.39 bits per heavy atom. The molecule has 1 aliphatic heterocycles. The summed E-state index contributed by atoms with van der Waals surface area (Å²) in [6.45, 7) is 7.73. The van der Waals surface area contributed by atoms with E-state index in [1.54, 1.807) is 18.2 Å². The van der Waals surface area contributed by atoms with E-state index in [1.165, 1.54) is 4.90 Å². The van der Waals surface area contributed by atoms with Gasteiger partial charge in [0.2, 0.25) is 5.91 Å². The lowest BCUT2D eigenvalue weighted by atomic mass is 10.0. The number of carbonyl (C=O) groups is 2. The molecular formula is C17H25N3O3. The van der Waals surface area contributed by atoms with Gasteiger partial charge >= 0.3 is 0 Å². The van der Waals surface area contributed by atoms with Crippen LogP contribution < -0.4 is 20.7 Å². The van der Waals surface area contributed by atoms with Gasteiger partial charge in [-0.15, -0.1) is 0 Å². The number of nitrogens with one attached hydrogen (secondary N) is 1. The van der Waals surface area contributed by atoms with Gasteiger partial charge in [0.05, 0.1) is 5.69 Å². The Labute approximate surface area is 137 Å². The fourth-order valence-corrected chi connectivity index (χ4v) is 2.45. The predicted molar refractivity (Wildman–Crippen MR) is 90.4 cm³/mol. The first kappa shape index (κ1) is 17.1. The molecule has 3 N–H and O–H groups in total. The molecule has 1 aliphatic rings. The first-order valence-electron chi connectivity index (χ1n) is 8.00. The predicted octanol–water partition coefficient (Wildman–Crippen LogP) is 1.93. The van der Waals surface area contributed by atoms with E-state index in [9.17, 15) is 9.59 Å². The monoisotopic (exact) mass is 319 g/mol. The third-order valence-corrected chi connectivity index (χ3v) is 3.96. The first-order chi connectivity index (χ1) is 10.8. The van der Waals surface area contributed by atoms with E-state index in [4.69, 9.17) is 10.5 Å². The molecule has 0 saturated heterocycles. The summed E-state index contributed by atoms with van der Waals surface area (Å²) < 4.78 is 5.80. The Balaban J connectivity index is 2.29. The van der Waals surface area contributed by atoms with Gasteiger partial charge < -0.3 is 15.8 Å². The molecule has 0 radical (unpaired) electrons. The maximum Gasteiger partial charge on any atom is 0.268 e. The molecule has 2 amide bonds. The van der Waals surface area contributed by atoms with Crippen LogP contribution in [0, 0.1) is 5.92 Å². The molecule has 1 aromatic rings. The Morgan fingerprint density at radius 3 is 2.70 bits per heavy atom. The number of nitrogens with two attached hydrogens (primary N) is 1. The van der Waals surface area contributed by atoms with E-state index in [-0.39, 0.29) is 30.3 Å². The van der Waals surface area contributed by atoms with Crippen molar-refractivity contribution in [3.8, 4) is 5.75 Å². The summed E-state index contributed by atoms with van der Waals surface area (Å²) in [6, 6.07) is 5.20. The Hall–Kier alpha value is -2.24. The molecule has 6 nitrogen and oxygen atoms in total. The zero-order chi connectivity index (χ0) is 17.1. The van der Waals surface area contributed by atoms with E-state index < -0.39 is 6.10 Å². The van der Waals surface area contributed by atoms with Crippen molar-refractivity contribution in [1.82, 2.24) is 5.32 Å². The van der Waals surface area contributed by atoms with Crippen LogP contribution in [0.4, 0.5) is 11.4 Å². The molecule has 0 aliphatic carbocycles. The van der Waals surface area contributed by atoms with Crippen LogP contribution in [-0.2, 0) is 9.59 Å². The number of amides is 2. The molecule has 1 aromatic carbocycles. The van der Waals surface area contributed by atoms with Gasteiger partial charge in [-0.1, -0.05) is 20.8 Å². The molecule has 126 valence electrons. The fourth-order valence-electron chi connectivity index (χ4n) is 2.45. The third kappa shape index (κ3) is 3.75. The Bertz CT molecular complexity index is 601. The third-order valence-electron chi connectivity index (χ3n) is 3.96. The SMILES string of the molecule is CCC(C)NC(=O)CN1C(=O)C(C(C)C)Oc2ccc(N)cc21. The Kier molecular flexibility index (Phi) is 5.13. The van der Waals surface area contributed by atoms with Crippen molar-refractivity contribution in [3.63, 3.8) is 0 Å². The summed E-state index contributed by atoms with van der Waals surface area (Å²) in [5.74, 6) is 0.185. The second kappa shape index (κ2) is 6.89. The van der Waals surface area contributed by atoms with Crippen molar-refractivity contribution in [2.45, 2.75) is 46.3 Å². The van der Waals surface area contributed by atoms with Gasteiger partial charge in [-0.05, 0) is 37.5 Å². The van der Waals surface area contributed by atoms with Gasteiger partial charge in [0.1, 0.15) is 12.3 Å². The Morgan fingerprint density at radius 2 is 2.09 bits per heavy atom. The van der Waals surface area contributed by atoms with Crippen LogP contribution in [0.15, 0.2) is 18.2 Å². The second-order valence-electron chi connectivity index (χ2n) is 6.31. The second-order valence-corrected chi connectivity index (χ2v) is 6.31. The molecule has 0 bridgehead atoms. The van der Waals surface area contributed by atoms with Gasteiger partial charge in [0, 0.05) is 11.7 Å². The van der Waals surface area contributed by atoms with Crippen molar-refractivity contribution >= 4 is 23.2 Å². The lowest BCUT2D eigenvalue weighted by molar-refractivity contribution is -0.130. The lowest BCUT2D eigenvalue weighted by Crippen LogP contribution is -2.52. The minimum Gasteiger partial charge on any atom is -0.478 e. The van der Waals surface area contributed by atoms with Crippen LogP contribution >= 0.6 is 0 Å². The van der Waals surface area contributed by atoms with Crippen LogP contribution in [0.25, 0.3) is 0 Å². The average Bonchev–Trinajstić information content (AvgIpc) is 2.49. The lowest BCUT2D eigenvalue weighted by Gasteiger charge is -2.35. The number of hydrogen-bond acceptors (Lipinski definition) is 4. The molecule has 0 fully saturated rings. The molecule has 0 saturated carbocycles. The summed E-state index contributed by atoms with van der Waals surface area (Å²) >= 11 is 0. The summed E-state index contributed by atoms with van der Waals surface area (Å²) in [5.41, 5.74) is 6.89. The molecule has 1 heterocycles. The van der Waals surface area contributed by atoms with E-state index in [2.05, 4.69) is 5.32 Å². The maximum atomic E-state index is 12.7. The normalized spacial score (nSPS) is 18.4. The molecule has 2 unspecified atom stereocenters. The molecular weight excluding hydrogens is 294 g/mol. The zero-order valence-electron chi connectivity index (χ0n) is 14.1. The standard InChI is InChI=1S/C17H25N3O3/c1-5-11(4)19-15(21)9-20-13-8-12(18)6-7-14(13)23-16(10(2)3)17(20)22/h6-8,10-11,16H,5,9,18H2,1-4H3,(H,19,21). The van der Waals surface area contributed by atoms with Crippen LogP contribution in [0.5, 0.6) is 5.75 Å². The highest BCUT2D eigenvalue weighted by molar-refractivity contribution is 6.04. The van der Waals surface area contributed by atoms with E-state index in [0.717, 1.165) is 6.42 Å². The number of anilines is 2. The topological polar surface area (TPSA) is 84.7 Å². The van der Waals surface area contributed by atoms with Crippen LogP contribution in [0.3, 0.4) is 0 Å². The van der Waals surface area contributed by atoms with E-state index in [1.807, 2.05) is 27.7 Å². The summed E-state index contributed by atoms with van der Waals surface area (Å²) in [7, 11) is 0. The van der Waals surface area contributed by atoms with Gasteiger partial charge in [-0.2, -0.15) is 0 Å². The van der Waals surface area contributed by atoms with E-state index >= 15 is 0 Å². The van der Waals surface area contributed by atoms with Crippen molar-refractivity contribution in [2.24, 2.45) is 5.92 Å². The highest BCUT2D eigenvalue weighted by Crippen LogP contribution is 2.36. The number of carbonyl (C=O) groups excluding carboxylic acids is 2. The average molecular weight is 319 g/mol. The summed E-state index contributed by atoms with van der Waals surface area (Å²) in [5, 5.41) is 2.88. The van der Waals surface area contributed by atoms with Crippen molar-refractivity contribution < 1.29 is 14.3 Å². The highest BCUT2D eigenvalue weighted by Gasteiger charge is 2.37. The fraction of sp³-hybridized carbons (Fsp3) is 0.529. The smallest absolute Gasteiger partial charge is 0.268 e. The van der Waals surface area contributed by atoms with Gasteiger partial charge in [-0.25, -0.2) is 0 Å². The molecule has 2 atom stereocenters. The van der Waals surface area contributed by atoms with Crippen LogP contribution in [0.1, 0.15) is 34.1 Å². The number of fused-ring (bicyclic) bond motifs is 1. The zero-order valence-corrected chi connectivity index (χ0v) is 14.1. The number of nitrogen functional groups attached to an aromatic ring is 1. The highest BCUT2D eigenvalue weighted by atomic mass is 16.5. The summed E-state index contributed by atoms with van der Waals surface area (Å²) in [6.07, 6.45) is 0.239. The molecule has 6 heteroatoms. The van der Waals surface area contributed by atoms with Crippen molar-refractivity contribution in [3.05, 3.63) is 18.2 Å². The minimum absolute atomic E-state index is 0.00771. The number of benzene rings is 1.